The number of ether oxygens (including phenoxy) is 1. The van der Waals surface area contributed by atoms with Crippen molar-refractivity contribution in [3.8, 4) is 0 Å². The van der Waals surface area contributed by atoms with E-state index in [0.29, 0.717) is 0 Å². The fraction of sp³-hybridized carbons (Fsp3) is 1.00. The highest BCUT2D eigenvalue weighted by Crippen LogP contribution is 2.36. The average molecular weight is 184 g/mol. The van der Waals surface area contributed by atoms with Crippen LogP contribution in [0.4, 0.5) is 0 Å². The Labute approximate surface area is 82.9 Å². The lowest BCUT2D eigenvalue weighted by Gasteiger charge is -2.35. The minimum atomic E-state index is 0.759. The second-order valence-corrected chi connectivity index (χ2v) is 4.55. The van der Waals surface area contributed by atoms with Crippen molar-refractivity contribution in [3.05, 3.63) is 0 Å². The molecule has 0 radical (unpaired) electrons. The molecule has 0 aromatic heterocycles. The van der Waals surface area contributed by atoms with Gasteiger partial charge in [0.1, 0.15) is 0 Å². The Bertz CT molecular complexity index is 133. The topological polar surface area (TPSA) is 9.23 Å². The first-order chi connectivity index (χ1) is 6.29. The summed E-state index contributed by atoms with van der Waals surface area (Å²) in [6.45, 7) is 5.63. The summed E-state index contributed by atoms with van der Waals surface area (Å²) >= 11 is 0. The summed E-state index contributed by atoms with van der Waals surface area (Å²) in [5, 5.41) is 0. The van der Waals surface area contributed by atoms with Gasteiger partial charge in [0.05, 0.1) is 0 Å². The van der Waals surface area contributed by atoms with Crippen LogP contribution >= 0.6 is 0 Å². The highest BCUT2D eigenvalue weighted by molar-refractivity contribution is 4.78. The Morgan fingerprint density at radius 3 is 2.62 bits per heavy atom. The molecule has 1 aliphatic rings. The minimum absolute atomic E-state index is 0.759. The molecule has 0 saturated heterocycles. The molecule has 0 aromatic carbocycles. The van der Waals surface area contributed by atoms with Gasteiger partial charge < -0.3 is 4.74 Å². The quantitative estimate of drug-likeness (QED) is 0.650. The van der Waals surface area contributed by atoms with E-state index in [2.05, 4.69) is 13.8 Å². The summed E-state index contributed by atoms with van der Waals surface area (Å²) in [4.78, 5) is 0. The fourth-order valence-electron chi connectivity index (χ4n) is 2.88. The van der Waals surface area contributed by atoms with Crippen LogP contribution in [0, 0.1) is 17.8 Å². The van der Waals surface area contributed by atoms with Gasteiger partial charge in [-0.05, 0) is 24.2 Å². The van der Waals surface area contributed by atoms with Crippen LogP contribution in [-0.2, 0) is 4.74 Å². The second kappa shape index (κ2) is 5.64. The van der Waals surface area contributed by atoms with Crippen molar-refractivity contribution in [3.63, 3.8) is 0 Å². The summed E-state index contributed by atoms with van der Waals surface area (Å²) in [6.07, 6.45) is 7.14. The Balaban J connectivity index is 2.43. The lowest BCUT2D eigenvalue weighted by atomic mass is 9.72. The molecule has 78 valence electrons. The van der Waals surface area contributed by atoms with Crippen molar-refractivity contribution in [1.82, 2.24) is 0 Å². The van der Waals surface area contributed by atoms with E-state index in [1.54, 1.807) is 0 Å². The third kappa shape index (κ3) is 2.98. The first-order valence-electron chi connectivity index (χ1n) is 5.78. The third-order valence-corrected chi connectivity index (χ3v) is 3.65. The molecule has 0 amide bonds. The van der Waals surface area contributed by atoms with E-state index in [4.69, 9.17) is 4.74 Å². The first-order valence-corrected chi connectivity index (χ1v) is 5.78. The summed E-state index contributed by atoms with van der Waals surface area (Å²) in [5.74, 6) is 2.66. The van der Waals surface area contributed by atoms with Gasteiger partial charge in [0.2, 0.25) is 0 Å². The molecular formula is C12H24O. The Kier molecular flexibility index (Phi) is 4.79. The van der Waals surface area contributed by atoms with Crippen LogP contribution in [0.3, 0.4) is 0 Å². The molecule has 1 saturated carbocycles. The van der Waals surface area contributed by atoms with E-state index in [0.717, 1.165) is 24.4 Å². The van der Waals surface area contributed by atoms with Crippen LogP contribution in [0.25, 0.3) is 0 Å². The summed E-state index contributed by atoms with van der Waals surface area (Å²) in [6, 6.07) is 0. The molecular weight excluding hydrogens is 160 g/mol. The van der Waals surface area contributed by atoms with Crippen molar-refractivity contribution >= 4 is 0 Å². The maximum atomic E-state index is 5.25. The van der Waals surface area contributed by atoms with E-state index in [1.165, 1.54) is 32.1 Å². The molecule has 0 heterocycles. The molecule has 1 nitrogen and oxygen atoms in total. The molecule has 13 heavy (non-hydrogen) atoms. The highest BCUT2D eigenvalue weighted by Gasteiger charge is 2.27. The normalized spacial score (nSPS) is 31.6. The zero-order valence-electron chi connectivity index (χ0n) is 9.38. The Morgan fingerprint density at radius 1 is 1.31 bits per heavy atom. The maximum absolute atomic E-state index is 5.25. The Morgan fingerprint density at radius 2 is 2.00 bits per heavy atom. The van der Waals surface area contributed by atoms with Crippen molar-refractivity contribution in [2.24, 2.45) is 17.8 Å². The molecule has 1 fully saturated rings. The molecule has 3 atom stereocenters. The molecule has 0 spiro atoms. The van der Waals surface area contributed by atoms with Gasteiger partial charge in [-0.25, -0.2) is 0 Å². The zero-order valence-corrected chi connectivity index (χ0v) is 9.38. The molecule has 1 rings (SSSR count). The van der Waals surface area contributed by atoms with Gasteiger partial charge in [-0.1, -0.05) is 39.5 Å². The van der Waals surface area contributed by atoms with Crippen molar-refractivity contribution in [2.45, 2.75) is 46.0 Å². The van der Waals surface area contributed by atoms with Crippen LogP contribution in [0.2, 0.25) is 0 Å². The van der Waals surface area contributed by atoms with Crippen LogP contribution in [0.5, 0.6) is 0 Å². The van der Waals surface area contributed by atoms with Crippen molar-refractivity contribution < 1.29 is 4.74 Å². The van der Waals surface area contributed by atoms with Crippen LogP contribution < -0.4 is 0 Å². The third-order valence-electron chi connectivity index (χ3n) is 3.65. The monoisotopic (exact) mass is 184 g/mol. The largest absolute Gasteiger partial charge is 0.384 e. The van der Waals surface area contributed by atoms with Gasteiger partial charge in [-0.2, -0.15) is 0 Å². The van der Waals surface area contributed by atoms with Gasteiger partial charge in [-0.3, -0.25) is 0 Å². The van der Waals surface area contributed by atoms with Crippen LogP contribution in [-0.4, -0.2) is 13.7 Å². The van der Waals surface area contributed by atoms with Crippen molar-refractivity contribution in [2.75, 3.05) is 13.7 Å². The number of hydrogen-bond donors (Lipinski definition) is 0. The number of methoxy groups -OCH3 is 1. The molecule has 0 aromatic rings. The predicted molar refractivity (Wildman–Crippen MR) is 56.8 cm³/mol. The summed E-state index contributed by atoms with van der Waals surface area (Å²) in [7, 11) is 1.82. The lowest BCUT2D eigenvalue weighted by molar-refractivity contribution is 0.0825. The van der Waals surface area contributed by atoms with E-state index in [9.17, 15) is 0 Å². The van der Waals surface area contributed by atoms with Gasteiger partial charge in [0.25, 0.3) is 0 Å². The standard InChI is InChI=1S/C12H24O/c1-4-11-7-5-6-8-12(11)10(2)9-13-3/h10-12H,4-9H2,1-3H3. The van der Waals surface area contributed by atoms with Gasteiger partial charge in [-0.15, -0.1) is 0 Å². The second-order valence-electron chi connectivity index (χ2n) is 4.55. The molecule has 0 N–H and O–H groups in total. The number of hydrogen-bond acceptors (Lipinski definition) is 1. The fourth-order valence-corrected chi connectivity index (χ4v) is 2.88. The maximum Gasteiger partial charge on any atom is 0.0490 e. The molecule has 0 aliphatic heterocycles. The van der Waals surface area contributed by atoms with Crippen LogP contribution in [0.1, 0.15) is 46.0 Å². The Hall–Kier alpha value is -0.0400. The SMILES string of the molecule is CCC1CCCCC1C(C)COC. The smallest absolute Gasteiger partial charge is 0.0490 e. The predicted octanol–water partition coefficient (Wildman–Crippen LogP) is 3.49. The summed E-state index contributed by atoms with van der Waals surface area (Å²) in [5.41, 5.74) is 0. The molecule has 1 heteroatoms. The van der Waals surface area contributed by atoms with Gasteiger partial charge in [0.15, 0.2) is 0 Å². The van der Waals surface area contributed by atoms with E-state index in [-0.39, 0.29) is 0 Å². The van der Waals surface area contributed by atoms with Gasteiger partial charge >= 0.3 is 0 Å². The van der Waals surface area contributed by atoms with Gasteiger partial charge in [0, 0.05) is 13.7 Å². The summed E-state index contributed by atoms with van der Waals surface area (Å²) < 4.78 is 5.25. The molecule has 3 unspecified atom stereocenters. The lowest BCUT2D eigenvalue weighted by Crippen LogP contribution is -2.27. The minimum Gasteiger partial charge on any atom is -0.384 e. The van der Waals surface area contributed by atoms with E-state index < -0.39 is 0 Å². The van der Waals surface area contributed by atoms with E-state index in [1.807, 2.05) is 7.11 Å². The van der Waals surface area contributed by atoms with Crippen LogP contribution in [0.15, 0.2) is 0 Å². The highest BCUT2D eigenvalue weighted by atomic mass is 16.5. The van der Waals surface area contributed by atoms with E-state index >= 15 is 0 Å². The number of rotatable bonds is 4. The first kappa shape index (κ1) is 11.0. The molecule has 0 bridgehead atoms. The zero-order chi connectivity index (χ0) is 9.68. The molecule has 1 aliphatic carbocycles. The average Bonchev–Trinajstić information content (AvgIpc) is 2.18. The van der Waals surface area contributed by atoms with Crippen molar-refractivity contribution in [1.29, 1.82) is 0 Å².